The molecule has 120 valence electrons. The molecule has 2 N–H and O–H groups in total. The molecule has 0 aliphatic carbocycles. The molecule has 9 heteroatoms. The van der Waals surface area contributed by atoms with Gasteiger partial charge in [0.15, 0.2) is 0 Å². The summed E-state index contributed by atoms with van der Waals surface area (Å²) in [6.45, 7) is 1.44. The van der Waals surface area contributed by atoms with Gasteiger partial charge in [-0.1, -0.05) is 0 Å². The van der Waals surface area contributed by atoms with E-state index in [1.807, 2.05) is 0 Å². The molecule has 0 unspecified atom stereocenters. The van der Waals surface area contributed by atoms with Gasteiger partial charge in [0.2, 0.25) is 5.88 Å². The molecule has 0 spiro atoms. The molecule has 0 atom stereocenters. The highest BCUT2D eigenvalue weighted by atomic mass is 16.3. The first kappa shape index (κ1) is 16.1. The third-order valence-electron chi connectivity index (χ3n) is 3.26. The van der Waals surface area contributed by atoms with E-state index in [1.165, 1.54) is 45.5 Å². The Kier molecular flexibility index (Phi) is 4.39. The summed E-state index contributed by atoms with van der Waals surface area (Å²) in [5.41, 5.74) is 1.16. The van der Waals surface area contributed by atoms with Crippen LogP contribution in [0.2, 0.25) is 0 Å². The van der Waals surface area contributed by atoms with Crippen LogP contribution in [0.25, 0.3) is 0 Å². The molecule has 2 heterocycles. The molecule has 0 aromatic carbocycles. The van der Waals surface area contributed by atoms with E-state index >= 15 is 0 Å². The maximum Gasteiger partial charge on any atom is 0.333 e. The SMILES string of the molecule is CC(=NNC(=O)c1ccncc1)c1c(O)n(C)c(=O)n(C)c1=O. The van der Waals surface area contributed by atoms with Crippen LogP contribution in [0.3, 0.4) is 0 Å². The molecule has 9 nitrogen and oxygen atoms in total. The second-order valence-corrected chi connectivity index (χ2v) is 4.78. The highest BCUT2D eigenvalue weighted by Crippen LogP contribution is 2.09. The van der Waals surface area contributed by atoms with Crippen molar-refractivity contribution in [3.8, 4) is 5.88 Å². The van der Waals surface area contributed by atoms with E-state index in [2.05, 4.69) is 15.5 Å². The molecule has 0 aliphatic heterocycles. The van der Waals surface area contributed by atoms with E-state index in [1.54, 1.807) is 0 Å². The summed E-state index contributed by atoms with van der Waals surface area (Å²) in [5.74, 6) is -1.01. The number of hydrogen-bond acceptors (Lipinski definition) is 6. The van der Waals surface area contributed by atoms with Crippen molar-refractivity contribution < 1.29 is 9.90 Å². The number of rotatable bonds is 3. The van der Waals surface area contributed by atoms with E-state index in [0.29, 0.717) is 5.56 Å². The fourth-order valence-corrected chi connectivity index (χ4v) is 1.91. The summed E-state index contributed by atoms with van der Waals surface area (Å²) < 4.78 is 1.76. The Morgan fingerprint density at radius 1 is 1.22 bits per heavy atom. The van der Waals surface area contributed by atoms with Gasteiger partial charge < -0.3 is 5.11 Å². The zero-order chi connectivity index (χ0) is 17.1. The van der Waals surface area contributed by atoms with Crippen molar-refractivity contribution in [2.45, 2.75) is 6.92 Å². The smallest absolute Gasteiger partial charge is 0.333 e. The van der Waals surface area contributed by atoms with E-state index in [9.17, 15) is 19.5 Å². The largest absolute Gasteiger partial charge is 0.494 e. The van der Waals surface area contributed by atoms with Crippen LogP contribution in [0.4, 0.5) is 0 Å². The first-order chi connectivity index (χ1) is 10.8. The van der Waals surface area contributed by atoms with Crippen LogP contribution in [-0.4, -0.2) is 30.8 Å². The fraction of sp³-hybridized carbons (Fsp3) is 0.214. The lowest BCUT2D eigenvalue weighted by molar-refractivity contribution is 0.0954. The third kappa shape index (κ3) is 3.03. The number of aromatic nitrogens is 3. The number of nitrogens with one attached hydrogen (secondary N) is 1. The Labute approximate surface area is 130 Å². The van der Waals surface area contributed by atoms with Crippen LogP contribution in [0, 0.1) is 0 Å². The lowest BCUT2D eigenvalue weighted by atomic mass is 10.2. The number of amides is 1. The Balaban J connectivity index is 2.38. The number of carbonyl (C=O) groups is 1. The second kappa shape index (κ2) is 6.26. The molecule has 0 aliphatic rings. The van der Waals surface area contributed by atoms with E-state index in [4.69, 9.17) is 0 Å². The molecule has 0 fully saturated rings. The summed E-state index contributed by atoms with van der Waals surface area (Å²) in [4.78, 5) is 39.5. The van der Waals surface area contributed by atoms with Crippen molar-refractivity contribution >= 4 is 11.6 Å². The Morgan fingerprint density at radius 3 is 2.43 bits per heavy atom. The number of hydrogen-bond donors (Lipinski definition) is 2. The second-order valence-electron chi connectivity index (χ2n) is 4.78. The monoisotopic (exact) mass is 317 g/mol. The quantitative estimate of drug-likeness (QED) is 0.575. The van der Waals surface area contributed by atoms with Crippen molar-refractivity contribution in [3.63, 3.8) is 0 Å². The van der Waals surface area contributed by atoms with Gasteiger partial charge in [0.25, 0.3) is 11.5 Å². The van der Waals surface area contributed by atoms with Crippen LogP contribution < -0.4 is 16.7 Å². The van der Waals surface area contributed by atoms with Gasteiger partial charge in [0, 0.05) is 32.1 Å². The van der Waals surface area contributed by atoms with Gasteiger partial charge in [-0.05, 0) is 19.1 Å². The van der Waals surface area contributed by atoms with Gasteiger partial charge in [-0.15, -0.1) is 0 Å². The van der Waals surface area contributed by atoms with Crippen molar-refractivity contribution in [1.82, 2.24) is 19.5 Å². The predicted molar refractivity (Wildman–Crippen MR) is 82.5 cm³/mol. The maximum absolute atomic E-state index is 12.1. The van der Waals surface area contributed by atoms with Crippen LogP contribution in [0.5, 0.6) is 5.88 Å². The number of carbonyl (C=O) groups excluding carboxylic acids is 1. The fourth-order valence-electron chi connectivity index (χ4n) is 1.91. The Morgan fingerprint density at radius 2 is 1.83 bits per heavy atom. The molecule has 2 aromatic heterocycles. The molecule has 2 rings (SSSR count). The zero-order valence-corrected chi connectivity index (χ0v) is 12.8. The Bertz CT molecular complexity index is 896. The lowest BCUT2D eigenvalue weighted by Crippen LogP contribution is -2.40. The molecule has 23 heavy (non-hydrogen) atoms. The summed E-state index contributed by atoms with van der Waals surface area (Å²) in [7, 11) is 2.61. The highest BCUT2D eigenvalue weighted by Gasteiger charge is 2.17. The number of aromatic hydroxyl groups is 1. The first-order valence-corrected chi connectivity index (χ1v) is 6.58. The van der Waals surface area contributed by atoms with Gasteiger partial charge in [0.05, 0.1) is 5.71 Å². The van der Waals surface area contributed by atoms with Crippen LogP contribution >= 0.6 is 0 Å². The predicted octanol–water partition coefficient (Wildman–Crippen LogP) is -0.661. The molecule has 0 bridgehead atoms. The number of hydrazone groups is 1. The van der Waals surface area contributed by atoms with Gasteiger partial charge in [0.1, 0.15) is 5.56 Å². The van der Waals surface area contributed by atoms with Crippen molar-refractivity contribution in [2.75, 3.05) is 0 Å². The Hall–Kier alpha value is -3.23. The van der Waals surface area contributed by atoms with Crippen LogP contribution in [-0.2, 0) is 14.1 Å². The average Bonchev–Trinajstić information content (AvgIpc) is 2.57. The minimum Gasteiger partial charge on any atom is -0.494 e. The molecule has 2 aromatic rings. The minimum absolute atomic E-state index is 0.0705. The first-order valence-electron chi connectivity index (χ1n) is 6.58. The van der Waals surface area contributed by atoms with Crippen molar-refractivity contribution in [3.05, 3.63) is 56.5 Å². The lowest BCUT2D eigenvalue weighted by Gasteiger charge is -2.10. The summed E-state index contributed by atoms with van der Waals surface area (Å²) in [5, 5.41) is 13.8. The molecule has 0 saturated carbocycles. The standard InChI is InChI=1S/C14H15N5O4/c1-8(16-17-11(20)9-4-6-15-7-5-9)10-12(21)18(2)14(23)19(3)13(10)22/h4-7,21H,1-3H3,(H,17,20). The molecular weight excluding hydrogens is 302 g/mol. The molecule has 1 amide bonds. The summed E-state index contributed by atoms with van der Waals surface area (Å²) in [6.07, 6.45) is 2.92. The minimum atomic E-state index is -0.704. The summed E-state index contributed by atoms with van der Waals surface area (Å²) in [6, 6.07) is 3.01. The third-order valence-corrected chi connectivity index (χ3v) is 3.26. The zero-order valence-electron chi connectivity index (χ0n) is 12.8. The molecular formula is C14H15N5O4. The van der Waals surface area contributed by atoms with Crippen molar-refractivity contribution in [1.29, 1.82) is 0 Å². The average molecular weight is 317 g/mol. The topological polar surface area (TPSA) is 119 Å². The van der Waals surface area contributed by atoms with Crippen molar-refractivity contribution in [2.24, 2.45) is 19.2 Å². The maximum atomic E-state index is 12.1. The van der Waals surface area contributed by atoms with Crippen LogP contribution in [0.1, 0.15) is 22.8 Å². The van der Waals surface area contributed by atoms with Gasteiger partial charge in [-0.25, -0.2) is 10.2 Å². The molecule has 0 radical (unpaired) electrons. The summed E-state index contributed by atoms with van der Waals surface area (Å²) >= 11 is 0. The van der Waals surface area contributed by atoms with Gasteiger partial charge >= 0.3 is 5.69 Å². The molecule has 0 saturated heterocycles. The normalized spacial score (nSPS) is 11.3. The van der Waals surface area contributed by atoms with E-state index < -0.39 is 23.0 Å². The van der Waals surface area contributed by atoms with Gasteiger partial charge in [-0.3, -0.25) is 23.7 Å². The number of pyridine rings is 1. The number of nitrogens with zero attached hydrogens (tertiary/aromatic N) is 4. The van der Waals surface area contributed by atoms with Gasteiger partial charge in [-0.2, -0.15) is 5.10 Å². The highest BCUT2D eigenvalue weighted by molar-refractivity contribution is 6.02. The van der Waals surface area contributed by atoms with E-state index in [-0.39, 0.29) is 11.3 Å². The van der Waals surface area contributed by atoms with E-state index in [0.717, 1.165) is 9.13 Å². The van der Waals surface area contributed by atoms with Crippen LogP contribution in [0.15, 0.2) is 39.2 Å².